The molecule has 0 spiro atoms. The zero-order valence-corrected chi connectivity index (χ0v) is 20.3. The average Bonchev–Trinajstić information content (AvgIpc) is 3.23. The van der Waals surface area contributed by atoms with Gasteiger partial charge in [0.2, 0.25) is 0 Å². The molecule has 1 fully saturated rings. The molecular weight excluding hydrogens is 402 g/mol. The number of rotatable bonds is 7. The third kappa shape index (κ3) is 8.04. The summed E-state index contributed by atoms with van der Waals surface area (Å²) in [4.78, 5) is 12.8. The largest absolute Gasteiger partial charge is 0.550 e. The van der Waals surface area contributed by atoms with E-state index in [1.165, 1.54) is 10.5 Å². The number of thioether (sulfide) groups is 1. The Morgan fingerprint density at radius 3 is 2.03 bits per heavy atom. The number of aliphatic carboxylic acids is 1. The van der Waals surface area contributed by atoms with E-state index in [4.69, 9.17) is 5.11 Å². The number of carboxylic acids is 1. The van der Waals surface area contributed by atoms with Crippen LogP contribution in [-0.2, 0) is 4.79 Å². The molecule has 0 aliphatic heterocycles. The Morgan fingerprint density at radius 1 is 1.23 bits per heavy atom. The van der Waals surface area contributed by atoms with Gasteiger partial charge in [-0.3, -0.25) is 0 Å². The van der Waals surface area contributed by atoms with Gasteiger partial charge in [-0.05, 0) is 49.1 Å². The second-order valence-electron chi connectivity index (χ2n) is 8.47. The van der Waals surface area contributed by atoms with E-state index in [1.54, 1.807) is 11.8 Å². The summed E-state index contributed by atoms with van der Waals surface area (Å²) >= 11 is 1.67. The van der Waals surface area contributed by atoms with Crippen molar-refractivity contribution < 1.29 is 30.1 Å². The molecule has 0 aromatic heterocycles. The predicted octanol–water partition coefficient (Wildman–Crippen LogP) is 0.531. The van der Waals surface area contributed by atoms with E-state index in [-0.39, 0.29) is 29.9 Å². The van der Waals surface area contributed by atoms with E-state index in [0.717, 1.165) is 17.6 Å². The number of carbonyl (C=O) groups is 1. The first-order valence-corrected chi connectivity index (χ1v) is 11.2. The van der Waals surface area contributed by atoms with E-state index in [2.05, 4.69) is 0 Å². The summed E-state index contributed by atoms with van der Waals surface area (Å²) in [5.41, 5.74) is 1.94. The number of hydrogen-bond donors (Lipinski definition) is 4. The first kappa shape index (κ1) is 28.6. The van der Waals surface area contributed by atoms with Gasteiger partial charge in [-0.15, -0.1) is 11.8 Å². The average molecular weight is 442 g/mol. The quantitative estimate of drug-likeness (QED) is 0.363. The molecule has 1 saturated carbocycles. The standard InChI is InChI=1S/C12H19NO2S.C10H16O2.CH4O/c1-13(2)11(8-14)12(15)9-4-6-10(16-3)7-5-9;1-6(2)5-7-8(9(11)12)10(7,3)4;1-2/h4-7,11-12,14-15H,8H2,1-3H3;5,7-8H,1-4H3,(H,11,12);2H,1H3/t11-,12-;7-,8+;/m11./s1. The Bertz CT molecular complexity index is 669. The highest BCUT2D eigenvalue weighted by atomic mass is 32.2. The van der Waals surface area contributed by atoms with Crippen LogP contribution >= 0.6 is 11.8 Å². The Morgan fingerprint density at radius 2 is 1.73 bits per heavy atom. The van der Waals surface area contributed by atoms with Crippen molar-refractivity contribution in [3.05, 3.63) is 41.5 Å². The molecule has 0 bridgehead atoms. The Labute approximate surface area is 185 Å². The summed E-state index contributed by atoms with van der Waals surface area (Å²) in [6.45, 7) is 7.89. The van der Waals surface area contributed by atoms with Crippen molar-refractivity contribution in [3.63, 3.8) is 0 Å². The maximum Gasteiger partial charge on any atom is 0.141 e. The summed E-state index contributed by atoms with van der Waals surface area (Å²) in [6, 6.07) is 7.63. The van der Waals surface area contributed by atoms with Crippen LogP contribution in [0.25, 0.3) is 0 Å². The summed E-state index contributed by atoms with van der Waals surface area (Å²) in [5.74, 6) is -1.03. The minimum Gasteiger partial charge on any atom is -0.550 e. The highest BCUT2D eigenvalue weighted by molar-refractivity contribution is 7.98. The zero-order valence-electron chi connectivity index (χ0n) is 19.5. The molecule has 1 aliphatic carbocycles. The van der Waals surface area contributed by atoms with E-state index >= 15 is 0 Å². The lowest BCUT2D eigenvalue weighted by Crippen LogP contribution is -3.11. The molecule has 1 aromatic rings. The minimum absolute atomic E-state index is 0.0201. The van der Waals surface area contributed by atoms with Gasteiger partial charge in [0, 0.05) is 23.9 Å². The molecule has 0 heterocycles. The lowest BCUT2D eigenvalue weighted by atomic mass is 10.0. The smallest absolute Gasteiger partial charge is 0.141 e. The third-order valence-corrected chi connectivity index (χ3v) is 6.20. The topological polar surface area (TPSA) is 105 Å². The van der Waals surface area contributed by atoms with Crippen molar-refractivity contribution in [2.45, 2.75) is 44.7 Å². The van der Waals surface area contributed by atoms with Crippen LogP contribution < -0.4 is 10.0 Å². The zero-order chi connectivity index (χ0) is 23.6. The molecule has 0 unspecified atom stereocenters. The lowest BCUT2D eigenvalue weighted by molar-refractivity contribution is -0.891. The molecule has 1 aliphatic rings. The van der Waals surface area contributed by atoms with Crippen molar-refractivity contribution in [1.29, 1.82) is 0 Å². The van der Waals surface area contributed by atoms with E-state index in [0.29, 0.717) is 0 Å². The van der Waals surface area contributed by atoms with Crippen molar-refractivity contribution in [2.75, 3.05) is 34.1 Å². The molecular formula is C23H39NO5S. The Hall–Kier alpha value is -1.38. The molecule has 0 radical (unpaired) electrons. The van der Waals surface area contributed by atoms with Crippen LogP contribution in [-0.4, -0.2) is 61.4 Å². The number of quaternary nitrogens is 1. The predicted molar refractivity (Wildman–Crippen MR) is 120 cm³/mol. The molecule has 4 atom stereocenters. The number of benzene rings is 1. The monoisotopic (exact) mass is 441 g/mol. The van der Waals surface area contributed by atoms with Crippen molar-refractivity contribution in [3.8, 4) is 0 Å². The fourth-order valence-corrected chi connectivity index (χ4v) is 3.84. The number of carbonyl (C=O) groups excluding carboxylic acids is 1. The van der Waals surface area contributed by atoms with E-state index in [9.17, 15) is 20.1 Å². The number of aliphatic hydroxyl groups is 3. The normalized spacial score (nSPS) is 20.7. The molecule has 30 heavy (non-hydrogen) atoms. The van der Waals surface area contributed by atoms with Gasteiger partial charge in [-0.1, -0.05) is 37.6 Å². The van der Waals surface area contributed by atoms with Gasteiger partial charge in [-0.2, -0.15) is 0 Å². The van der Waals surface area contributed by atoms with Gasteiger partial charge < -0.3 is 30.1 Å². The maximum absolute atomic E-state index is 10.6. The SMILES string of the molecule is CC(C)=C[C@@H]1[C@@H](C(=O)[O-])C1(C)C.CO.CSc1ccc([C@@H](O)[C@@H](CO)[NH+](C)C)cc1. The van der Waals surface area contributed by atoms with Crippen LogP contribution in [0.3, 0.4) is 0 Å². The van der Waals surface area contributed by atoms with Crippen LogP contribution in [0.5, 0.6) is 0 Å². The number of nitrogens with one attached hydrogen (secondary N) is 1. The summed E-state index contributed by atoms with van der Waals surface area (Å²) in [7, 11) is 4.86. The van der Waals surface area contributed by atoms with Gasteiger partial charge in [0.15, 0.2) is 0 Å². The van der Waals surface area contributed by atoms with Crippen LogP contribution in [0.1, 0.15) is 39.4 Å². The second-order valence-corrected chi connectivity index (χ2v) is 9.35. The van der Waals surface area contributed by atoms with Crippen molar-refractivity contribution in [1.82, 2.24) is 0 Å². The van der Waals surface area contributed by atoms with Crippen LogP contribution in [0, 0.1) is 17.3 Å². The molecule has 4 N–H and O–H groups in total. The van der Waals surface area contributed by atoms with Gasteiger partial charge in [0.25, 0.3) is 0 Å². The Kier molecular flexibility index (Phi) is 12.5. The Balaban J connectivity index is 0.000000535. The first-order valence-electron chi connectivity index (χ1n) is 10.0. The van der Waals surface area contributed by atoms with Gasteiger partial charge in [-0.25, -0.2) is 0 Å². The van der Waals surface area contributed by atoms with Gasteiger partial charge in [0.05, 0.1) is 20.7 Å². The van der Waals surface area contributed by atoms with E-state index in [1.807, 2.05) is 78.4 Å². The van der Waals surface area contributed by atoms with Crippen molar-refractivity contribution in [2.24, 2.45) is 17.3 Å². The first-order chi connectivity index (χ1) is 14.0. The number of likely N-dealkylation sites (N-methyl/N-ethyl adjacent to an activating group) is 1. The fraction of sp³-hybridized carbons (Fsp3) is 0.609. The number of hydrogen-bond acceptors (Lipinski definition) is 6. The molecule has 6 nitrogen and oxygen atoms in total. The number of allylic oxidation sites excluding steroid dienone is 2. The molecule has 172 valence electrons. The summed E-state index contributed by atoms with van der Waals surface area (Å²) < 4.78 is 0. The van der Waals surface area contributed by atoms with Crippen LogP contribution in [0.15, 0.2) is 40.8 Å². The number of aliphatic hydroxyl groups excluding tert-OH is 3. The molecule has 0 saturated heterocycles. The molecule has 2 rings (SSSR count). The lowest BCUT2D eigenvalue weighted by Gasteiger charge is -2.24. The van der Waals surface area contributed by atoms with Crippen LogP contribution in [0.2, 0.25) is 0 Å². The highest BCUT2D eigenvalue weighted by Crippen LogP contribution is 2.58. The number of carboxylic acid groups (broad SMARTS) is 1. The summed E-state index contributed by atoms with van der Waals surface area (Å²) in [6.07, 6.45) is 3.43. The highest BCUT2D eigenvalue weighted by Gasteiger charge is 2.56. The molecule has 1 aromatic carbocycles. The summed E-state index contributed by atoms with van der Waals surface area (Å²) in [5, 5.41) is 37.0. The minimum atomic E-state index is -0.914. The third-order valence-electron chi connectivity index (χ3n) is 5.45. The fourth-order valence-electron chi connectivity index (χ4n) is 3.43. The second kappa shape index (κ2) is 13.1. The molecule has 0 amide bonds. The van der Waals surface area contributed by atoms with Crippen molar-refractivity contribution >= 4 is 17.7 Å². The maximum atomic E-state index is 10.6. The molecule has 7 heteroatoms. The van der Waals surface area contributed by atoms with Crippen LogP contribution in [0.4, 0.5) is 0 Å². The van der Waals surface area contributed by atoms with E-state index < -0.39 is 12.1 Å². The van der Waals surface area contributed by atoms with Gasteiger partial charge >= 0.3 is 0 Å². The van der Waals surface area contributed by atoms with Gasteiger partial charge in [0.1, 0.15) is 12.1 Å².